The first kappa shape index (κ1) is 19.3. The van der Waals surface area contributed by atoms with E-state index < -0.39 is 0 Å². The van der Waals surface area contributed by atoms with Crippen LogP contribution in [0.5, 0.6) is 5.75 Å². The third kappa shape index (κ3) is 6.07. The third-order valence-electron chi connectivity index (χ3n) is 4.90. The van der Waals surface area contributed by atoms with E-state index in [1.807, 2.05) is 17.0 Å². The number of likely N-dealkylation sites (tertiary alicyclic amines) is 1. The Kier molecular flexibility index (Phi) is 7.29. The lowest BCUT2D eigenvalue weighted by molar-refractivity contribution is -0.137. The van der Waals surface area contributed by atoms with Crippen LogP contribution >= 0.6 is 0 Å². The monoisotopic (exact) mass is 346 g/mol. The summed E-state index contributed by atoms with van der Waals surface area (Å²) < 4.78 is 5.27. The lowest BCUT2D eigenvalue weighted by Crippen LogP contribution is -2.40. The van der Waals surface area contributed by atoms with E-state index in [9.17, 15) is 9.59 Å². The van der Waals surface area contributed by atoms with Crippen molar-refractivity contribution >= 4 is 11.8 Å². The fourth-order valence-corrected chi connectivity index (χ4v) is 3.32. The minimum atomic E-state index is 0.0138. The average Bonchev–Trinajstić information content (AvgIpc) is 2.64. The van der Waals surface area contributed by atoms with Crippen LogP contribution < -0.4 is 4.74 Å². The molecule has 2 rings (SSSR count). The number of hydrogen-bond donors (Lipinski definition) is 0. The van der Waals surface area contributed by atoms with E-state index in [1.54, 1.807) is 26.1 Å². The molecule has 1 saturated heterocycles. The molecule has 1 aromatic rings. The zero-order valence-corrected chi connectivity index (χ0v) is 15.7. The smallest absolute Gasteiger partial charge is 0.223 e. The highest BCUT2D eigenvalue weighted by Crippen LogP contribution is 2.23. The third-order valence-corrected chi connectivity index (χ3v) is 4.90. The summed E-state index contributed by atoms with van der Waals surface area (Å²) in [4.78, 5) is 27.5. The second kappa shape index (κ2) is 9.44. The van der Waals surface area contributed by atoms with E-state index in [2.05, 4.69) is 12.1 Å². The van der Waals surface area contributed by atoms with E-state index in [0.717, 1.165) is 38.1 Å². The highest BCUT2D eigenvalue weighted by atomic mass is 16.5. The first-order valence-corrected chi connectivity index (χ1v) is 9.10. The van der Waals surface area contributed by atoms with Gasteiger partial charge in [0.25, 0.3) is 0 Å². The van der Waals surface area contributed by atoms with Crippen LogP contribution in [-0.2, 0) is 16.0 Å². The van der Waals surface area contributed by atoms with Gasteiger partial charge in [-0.05, 0) is 49.3 Å². The Morgan fingerprint density at radius 3 is 2.80 bits per heavy atom. The van der Waals surface area contributed by atoms with Crippen molar-refractivity contribution in [3.05, 3.63) is 29.8 Å². The molecule has 1 aliphatic heterocycles. The molecule has 1 fully saturated rings. The summed E-state index contributed by atoms with van der Waals surface area (Å²) in [5.41, 5.74) is 1.28. The van der Waals surface area contributed by atoms with Crippen molar-refractivity contribution in [1.82, 2.24) is 9.80 Å². The molecule has 138 valence electrons. The summed E-state index contributed by atoms with van der Waals surface area (Å²) in [5.74, 6) is 1.55. The summed E-state index contributed by atoms with van der Waals surface area (Å²) in [5, 5.41) is 0. The molecule has 0 aromatic heterocycles. The van der Waals surface area contributed by atoms with Crippen molar-refractivity contribution in [2.24, 2.45) is 5.92 Å². The predicted octanol–water partition coefficient (Wildman–Crippen LogP) is 2.73. The molecular weight excluding hydrogens is 316 g/mol. The number of rotatable bonds is 7. The van der Waals surface area contributed by atoms with Gasteiger partial charge in [-0.2, -0.15) is 0 Å². The first-order valence-electron chi connectivity index (χ1n) is 9.10. The fourth-order valence-electron chi connectivity index (χ4n) is 3.32. The Labute approximate surface area is 150 Å². The van der Waals surface area contributed by atoms with Crippen LogP contribution in [0.2, 0.25) is 0 Å². The van der Waals surface area contributed by atoms with Gasteiger partial charge in [-0.15, -0.1) is 0 Å². The second-order valence-corrected chi connectivity index (χ2v) is 7.03. The zero-order valence-electron chi connectivity index (χ0n) is 15.7. The number of carbonyl (C=O) groups excluding carboxylic acids is 2. The van der Waals surface area contributed by atoms with Gasteiger partial charge in [0, 0.05) is 40.0 Å². The number of amides is 2. The molecule has 0 aliphatic carbocycles. The standard InChI is InChI=1S/C20H30N2O3/c1-21(2)19(23)11-12-20(24)22-13-5-7-17(15-22)10-9-16-6-4-8-18(14-16)25-3/h4,6,8,14,17H,5,7,9-13,15H2,1-3H3. The number of aryl methyl sites for hydroxylation is 1. The van der Waals surface area contributed by atoms with Crippen LogP contribution in [0.4, 0.5) is 0 Å². The molecule has 25 heavy (non-hydrogen) atoms. The molecule has 0 radical (unpaired) electrons. The van der Waals surface area contributed by atoms with Crippen molar-refractivity contribution in [3.8, 4) is 5.75 Å². The summed E-state index contributed by atoms with van der Waals surface area (Å²) in [6, 6.07) is 8.19. The van der Waals surface area contributed by atoms with Crippen molar-refractivity contribution in [1.29, 1.82) is 0 Å². The maximum Gasteiger partial charge on any atom is 0.223 e. The van der Waals surface area contributed by atoms with Gasteiger partial charge in [0.15, 0.2) is 0 Å². The fraction of sp³-hybridized carbons (Fsp3) is 0.600. The van der Waals surface area contributed by atoms with E-state index in [4.69, 9.17) is 4.74 Å². The summed E-state index contributed by atoms with van der Waals surface area (Å²) >= 11 is 0. The highest BCUT2D eigenvalue weighted by molar-refractivity contribution is 5.83. The predicted molar refractivity (Wildman–Crippen MR) is 98.5 cm³/mol. The SMILES string of the molecule is COc1cccc(CCC2CCCN(C(=O)CCC(=O)N(C)C)C2)c1. The second-order valence-electron chi connectivity index (χ2n) is 7.03. The molecule has 1 heterocycles. The van der Waals surface area contributed by atoms with Crippen molar-refractivity contribution < 1.29 is 14.3 Å². The van der Waals surface area contributed by atoms with Gasteiger partial charge >= 0.3 is 0 Å². The molecule has 1 aliphatic rings. The summed E-state index contributed by atoms with van der Waals surface area (Å²) in [6.45, 7) is 1.64. The molecule has 0 spiro atoms. The van der Waals surface area contributed by atoms with Crippen molar-refractivity contribution in [2.45, 2.75) is 38.5 Å². The van der Waals surface area contributed by atoms with Gasteiger partial charge in [-0.25, -0.2) is 0 Å². The number of piperidine rings is 1. The molecule has 0 saturated carbocycles. The van der Waals surface area contributed by atoms with E-state index >= 15 is 0 Å². The number of hydrogen-bond acceptors (Lipinski definition) is 3. The van der Waals surface area contributed by atoms with E-state index in [-0.39, 0.29) is 11.8 Å². The Balaban J connectivity index is 1.79. The normalized spacial score (nSPS) is 17.2. The largest absolute Gasteiger partial charge is 0.497 e. The molecule has 1 unspecified atom stereocenters. The number of methoxy groups -OCH3 is 1. The number of benzene rings is 1. The van der Waals surface area contributed by atoms with Gasteiger partial charge < -0.3 is 14.5 Å². The quantitative estimate of drug-likeness (QED) is 0.763. The molecule has 0 bridgehead atoms. The number of ether oxygens (including phenoxy) is 1. The van der Waals surface area contributed by atoms with Gasteiger partial charge in [0.05, 0.1) is 7.11 Å². The zero-order chi connectivity index (χ0) is 18.2. The Hall–Kier alpha value is -2.04. The van der Waals surface area contributed by atoms with Gasteiger partial charge in [0.2, 0.25) is 11.8 Å². The average molecular weight is 346 g/mol. The Morgan fingerprint density at radius 1 is 1.28 bits per heavy atom. The van der Waals surface area contributed by atoms with Crippen LogP contribution in [0.1, 0.15) is 37.7 Å². The maximum absolute atomic E-state index is 12.4. The first-order chi connectivity index (χ1) is 12.0. The molecule has 2 amide bonds. The summed E-state index contributed by atoms with van der Waals surface area (Å²) in [6.07, 6.45) is 4.92. The van der Waals surface area contributed by atoms with E-state index in [1.165, 1.54) is 12.0 Å². The molecule has 1 atom stereocenters. The Bertz CT molecular complexity index is 586. The summed E-state index contributed by atoms with van der Waals surface area (Å²) in [7, 11) is 5.13. The van der Waals surface area contributed by atoms with Crippen molar-refractivity contribution in [2.75, 3.05) is 34.3 Å². The molecule has 5 nitrogen and oxygen atoms in total. The lowest BCUT2D eigenvalue weighted by Gasteiger charge is -2.33. The minimum Gasteiger partial charge on any atom is -0.497 e. The lowest BCUT2D eigenvalue weighted by atomic mass is 9.91. The number of carbonyl (C=O) groups is 2. The molecular formula is C20H30N2O3. The Morgan fingerprint density at radius 2 is 2.08 bits per heavy atom. The molecule has 5 heteroatoms. The highest BCUT2D eigenvalue weighted by Gasteiger charge is 2.23. The van der Waals surface area contributed by atoms with Crippen molar-refractivity contribution in [3.63, 3.8) is 0 Å². The van der Waals surface area contributed by atoms with Gasteiger partial charge in [-0.3, -0.25) is 9.59 Å². The van der Waals surface area contributed by atoms with Gasteiger partial charge in [0.1, 0.15) is 5.75 Å². The maximum atomic E-state index is 12.4. The van der Waals surface area contributed by atoms with Crippen LogP contribution in [0.15, 0.2) is 24.3 Å². The van der Waals surface area contributed by atoms with Crippen LogP contribution in [0, 0.1) is 5.92 Å². The number of nitrogens with zero attached hydrogens (tertiary/aromatic N) is 2. The van der Waals surface area contributed by atoms with Crippen LogP contribution in [0.3, 0.4) is 0 Å². The molecule has 0 N–H and O–H groups in total. The van der Waals surface area contributed by atoms with Crippen LogP contribution in [0.25, 0.3) is 0 Å². The van der Waals surface area contributed by atoms with E-state index in [0.29, 0.717) is 18.8 Å². The van der Waals surface area contributed by atoms with Crippen LogP contribution in [-0.4, -0.2) is 55.9 Å². The minimum absolute atomic E-state index is 0.0138. The topological polar surface area (TPSA) is 49.9 Å². The molecule has 1 aromatic carbocycles. The van der Waals surface area contributed by atoms with Gasteiger partial charge in [-0.1, -0.05) is 12.1 Å².